The standard InChI is InChI=1S/C15H21BrN2O2/c1-10-6-7-13(17-2)12(8-10)9-11-4-3-5-14(15(11)16)18(19)20/h3-5,10,12-13,17H,6-9H2,1-2H3. The Labute approximate surface area is 128 Å². The van der Waals surface area contributed by atoms with Gasteiger partial charge in [0.2, 0.25) is 0 Å². The van der Waals surface area contributed by atoms with Crippen LogP contribution in [0.5, 0.6) is 0 Å². The number of rotatable bonds is 4. The van der Waals surface area contributed by atoms with Gasteiger partial charge in [0.15, 0.2) is 0 Å². The number of nitrogens with zero attached hydrogens (tertiary/aromatic N) is 1. The lowest BCUT2D eigenvalue weighted by Crippen LogP contribution is -2.39. The van der Waals surface area contributed by atoms with Crippen molar-refractivity contribution in [2.45, 2.75) is 38.6 Å². The molecular weight excluding hydrogens is 320 g/mol. The van der Waals surface area contributed by atoms with Crippen molar-refractivity contribution in [3.63, 3.8) is 0 Å². The van der Waals surface area contributed by atoms with Crippen LogP contribution in [0.25, 0.3) is 0 Å². The largest absolute Gasteiger partial charge is 0.317 e. The topological polar surface area (TPSA) is 55.2 Å². The fourth-order valence-electron chi connectivity index (χ4n) is 3.25. The maximum Gasteiger partial charge on any atom is 0.283 e. The van der Waals surface area contributed by atoms with E-state index in [9.17, 15) is 10.1 Å². The molecule has 0 amide bonds. The van der Waals surface area contributed by atoms with Gasteiger partial charge >= 0.3 is 0 Å². The van der Waals surface area contributed by atoms with Crippen LogP contribution in [-0.4, -0.2) is 18.0 Å². The third-order valence-electron chi connectivity index (χ3n) is 4.35. The summed E-state index contributed by atoms with van der Waals surface area (Å²) >= 11 is 3.40. The van der Waals surface area contributed by atoms with Crippen LogP contribution in [0.4, 0.5) is 5.69 Å². The number of nitrogens with one attached hydrogen (secondary N) is 1. The molecule has 0 radical (unpaired) electrons. The van der Waals surface area contributed by atoms with E-state index >= 15 is 0 Å². The summed E-state index contributed by atoms with van der Waals surface area (Å²) in [5, 5.41) is 14.4. The van der Waals surface area contributed by atoms with Crippen LogP contribution < -0.4 is 5.32 Å². The zero-order valence-electron chi connectivity index (χ0n) is 11.9. The lowest BCUT2D eigenvalue weighted by atomic mass is 9.76. The van der Waals surface area contributed by atoms with Gasteiger partial charge in [-0.25, -0.2) is 0 Å². The van der Waals surface area contributed by atoms with E-state index in [1.165, 1.54) is 19.3 Å². The third-order valence-corrected chi connectivity index (χ3v) is 5.27. The molecule has 0 saturated heterocycles. The second kappa shape index (κ2) is 6.68. The van der Waals surface area contributed by atoms with Crippen LogP contribution in [0.15, 0.2) is 22.7 Å². The first-order valence-electron chi connectivity index (χ1n) is 7.12. The van der Waals surface area contributed by atoms with Gasteiger partial charge in [-0.2, -0.15) is 0 Å². The molecule has 0 bridgehead atoms. The molecule has 2 rings (SSSR count). The molecule has 1 aromatic rings. The number of hydrogen-bond acceptors (Lipinski definition) is 3. The van der Waals surface area contributed by atoms with Gasteiger partial charge in [-0.15, -0.1) is 0 Å². The van der Waals surface area contributed by atoms with Gasteiger partial charge < -0.3 is 5.32 Å². The van der Waals surface area contributed by atoms with Gasteiger partial charge in [0.05, 0.1) is 9.40 Å². The van der Waals surface area contributed by atoms with E-state index in [0.29, 0.717) is 16.4 Å². The summed E-state index contributed by atoms with van der Waals surface area (Å²) < 4.78 is 0.637. The average molecular weight is 341 g/mol. The van der Waals surface area contributed by atoms with Crippen molar-refractivity contribution < 1.29 is 4.92 Å². The molecule has 1 aliphatic carbocycles. The van der Waals surface area contributed by atoms with Gasteiger partial charge in [-0.3, -0.25) is 10.1 Å². The molecule has 1 fully saturated rings. The van der Waals surface area contributed by atoms with Crippen molar-refractivity contribution in [2.75, 3.05) is 7.05 Å². The lowest BCUT2D eigenvalue weighted by molar-refractivity contribution is -0.385. The molecule has 0 aliphatic heterocycles. The zero-order valence-corrected chi connectivity index (χ0v) is 13.5. The van der Waals surface area contributed by atoms with E-state index in [1.807, 2.05) is 13.1 Å². The van der Waals surface area contributed by atoms with E-state index in [-0.39, 0.29) is 10.6 Å². The normalized spacial score (nSPS) is 26.4. The van der Waals surface area contributed by atoms with Crippen LogP contribution in [0, 0.1) is 22.0 Å². The molecule has 0 heterocycles. The van der Waals surface area contributed by atoms with Gasteiger partial charge in [-0.05, 0) is 66.1 Å². The Morgan fingerprint density at radius 3 is 2.85 bits per heavy atom. The number of halogens is 1. The summed E-state index contributed by atoms with van der Waals surface area (Å²) in [5.74, 6) is 1.28. The molecule has 110 valence electrons. The highest BCUT2D eigenvalue weighted by atomic mass is 79.9. The van der Waals surface area contributed by atoms with Crippen LogP contribution >= 0.6 is 15.9 Å². The van der Waals surface area contributed by atoms with Crippen LogP contribution in [0.3, 0.4) is 0 Å². The second-order valence-corrected chi connectivity index (χ2v) is 6.58. The van der Waals surface area contributed by atoms with Crippen molar-refractivity contribution in [1.29, 1.82) is 0 Å². The Balaban J connectivity index is 2.20. The monoisotopic (exact) mass is 340 g/mol. The Bertz CT molecular complexity index is 493. The first-order chi connectivity index (χ1) is 9.52. The molecule has 1 aliphatic rings. The first kappa shape index (κ1) is 15.4. The Kier molecular flexibility index (Phi) is 5.16. The molecule has 1 N–H and O–H groups in total. The molecule has 20 heavy (non-hydrogen) atoms. The van der Waals surface area contributed by atoms with Crippen molar-refractivity contribution >= 4 is 21.6 Å². The van der Waals surface area contributed by atoms with Crippen molar-refractivity contribution in [3.8, 4) is 0 Å². The third kappa shape index (κ3) is 3.38. The smallest absolute Gasteiger partial charge is 0.283 e. The minimum atomic E-state index is -0.327. The van der Waals surface area contributed by atoms with E-state index in [4.69, 9.17) is 0 Å². The number of benzene rings is 1. The van der Waals surface area contributed by atoms with Crippen molar-refractivity contribution in [1.82, 2.24) is 5.32 Å². The quantitative estimate of drug-likeness (QED) is 0.667. The predicted octanol–water partition coefficient (Wildman–Crippen LogP) is 3.92. The highest BCUT2D eigenvalue weighted by Gasteiger charge is 2.28. The molecule has 0 spiro atoms. The summed E-state index contributed by atoms with van der Waals surface area (Å²) in [5.41, 5.74) is 1.20. The summed E-state index contributed by atoms with van der Waals surface area (Å²) in [6.07, 6.45) is 4.52. The highest BCUT2D eigenvalue weighted by molar-refractivity contribution is 9.10. The van der Waals surface area contributed by atoms with E-state index in [2.05, 4.69) is 28.2 Å². The molecule has 1 saturated carbocycles. The zero-order chi connectivity index (χ0) is 14.7. The molecule has 3 atom stereocenters. The minimum absolute atomic E-state index is 0.160. The van der Waals surface area contributed by atoms with Crippen LogP contribution in [0.2, 0.25) is 0 Å². The SMILES string of the molecule is CNC1CCC(C)CC1Cc1cccc([N+](=O)[O-])c1Br. The molecular formula is C15H21BrN2O2. The number of nitro groups is 1. The Morgan fingerprint density at radius 2 is 2.20 bits per heavy atom. The van der Waals surface area contributed by atoms with Gasteiger partial charge in [0.25, 0.3) is 5.69 Å². The Morgan fingerprint density at radius 1 is 1.45 bits per heavy atom. The van der Waals surface area contributed by atoms with Gasteiger partial charge in [0.1, 0.15) is 0 Å². The molecule has 0 aromatic heterocycles. The van der Waals surface area contributed by atoms with E-state index < -0.39 is 0 Å². The second-order valence-electron chi connectivity index (χ2n) is 5.78. The summed E-state index contributed by atoms with van der Waals surface area (Å²) in [6.45, 7) is 2.29. The fraction of sp³-hybridized carbons (Fsp3) is 0.600. The maximum absolute atomic E-state index is 11.0. The van der Waals surface area contributed by atoms with Gasteiger partial charge in [0, 0.05) is 12.1 Å². The molecule has 5 heteroatoms. The number of nitro benzene ring substituents is 1. The Hall–Kier alpha value is -0.940. The predicted molar refractivity (Wildman–Crippen MR) is 83.9 cm³/mol. The molecule has 3 unspecified atom stereocenters. The summed E-state index contributed by atoms with van der Waals surface area (Å²) in [6, 6.07) is 5.83. The fourth-order valence-corrected chi connectivity index (χ4v) is 3.82. The van der Waals surface area contributed by atoms with Crippen LogP contribution in [-0.2, 0) is 6.42 Å². The van der Waals surface area contributed by atoms with Crippen molar-refractivity contribution in [2.24, 2.45) is 11.8 Å². The van der Waals surface area contributed by atoms with E-state index in [1.54, 1.807) is 12.1 Å². The van der Waals surface area contributed by atoms with Crippen molar-refractivity contribution in [3.05, 3.63) is 38.3 Å². The minimum Gasteiger partial charge on any atom is -0.317 e. The number of hydrogen-bond donors (Lipinski definition) is 1. The summed E-state index contributed by atoms with van der Waals surface area (Å²) in [4.78, 5) is 10.7. The van der Waals surface area contributed by atoms with E-state index in [0.717, 1.165) is 17.9 Å². The van der Waals surface area contributed by atoms with Gasteiger partial charge in [-0.1, -0.05) is 19.1 Å². The van der Waals surface area contributed by atoms with Crippen LogP contribution in [0.1, 0.15) is 31.7 Å². The maximum atomic E-state index is 11.0. The average Bonchev–Trinajstić information content (AvgIpc) is 2.41. The first-order valence-corrected chi connectivity index (χ1v) is 7.91. The lowest BCUT2D eigenvalue weighted by Gasteiger charge is -2.35. The summed E-state index contributed by atoms with van der Waals surface area (Å²) in [7, 11) is 2.01. The molecule has 1 aromatic carbocycles. The molecule has 4 nitrogen and oxygen atoms in total. The highest BCUT2D eigenvalue weighted by Crippen LogP contribution is 2.35.